The second kappa shape index (κ2) is 5.75. The minimum absolute atomic E-state index is 0.105. The zero-order chi connectivity index (χ0) is 15.6. The Morgan fingerprint density at radius 2 is 1.86 bits per heavy atom. The van der Waals surface area contributed by atoms with E-state index in [2.05, 4.69) is 0 Å². The van der Waals surface area contributed by atoms with Crippen molar-refractivity contribution in [1.29, 1.82) is 0 Å². The Labute approximate surface area is 124 Å². The molecule has 0 aliphatic carbocycles. The molecule has 5 nitrogen and oxygen atoms in total. The Balaban J connectivity index is 2.35. The highest BCUT2D eigenvalue weighted by Gasteiger charge is 2.25. The summed E-state index contributed by atoms with van der Waals surface area (Å²) >= 11 is 0. The minimum atomic E-state index is -3.68. The summed E-state index contributed by atoms with van der Waals surface area (Å²) in [5, 5.41) is 9.45. The first kappa shape index (κ1) is 15.3. The molecule has 0 aliphatic heterocycles. The van der Waals surface area contributed by atoms with E-state index < -0.39 is 10.0 Å². The lowest BCUT2D eigenvalue weighted by atomic mass is 10.2. The Morgan fingerprint density at radius 1 is 1.19 bits per heavy atom. The zero-order valence-electron chi connectivity index (χ0n) is 11.9. The van der Waals surface area contributed by atoms with Crippen molar-refractivity contribution in [3.8, 4) is 5.75 Å². The van der Waals surface area contributed by atoms with Gasteiger partial charge >= 0.3 is 0 Å². The molecule has 0 bridgehead atoms. The number of aromatic hydroxyl groups is 1. The minimum Gasteiger partial charge on any atom is -0.508 e. The predicted molar refractivity (Wildman–Crippen MR) is 82.4 cm³/mol. The third-order valence-electron chi connectivity index (χ3n) is 3.23. The molecular formula is C15H18N2O3S. The molecule has 2 rings (SSSR count). The number of hydrogen-bond donors (Lipinski definition) is 2. The fourth-order valence-corrected chi connectivity index (χ4v) is 3.65. The monoisotopic (exact) mass is 306 g/mol. The van der Waals surface area contributed by atoms with E-state index in [4.69, 9.17) is 5.73 Å². The average molecular weight is 306 g/mol. The standard InChI is InChI=1S/C15H18N2O3S/c1-11-5-3-8-14(16)15(11)21(19,20)17(2)10-12-6-4-7-13(18)9-12/h3-9,18H,10,16H2,1-2H3. The van der Waals surface area contributed by atoms with Crippen LogP contribution < -0.4 is 5.73 Å². The third-order valence-corrected chi connectivity index (χ3v) is 5.25. The highest BCUT2D eigenvalue weighted by molar-refractivity contribution is 7.89. The van der Waals surface area contributed by atoms with Gasteiger partial charge in [0.1, 0.15) is 10.6 Å². The molecule has 0 aliphatic rings. The molecule has 3 N–H and O–H groups in total. The molecule has 0 fully saturated rings. The fraction of sp³-hybridized carbons (Fsp3) is 0.200. The van der Waals surface area contributed by atoms with E-state index in [-0.39, 0.29) is 22.9 Å². The van der Waals surface area contributed by atoms with E-state index in [1.54, 1.807) is 37.3 Å². The summed E-state index contributed by atoms with van der Waals surface area (Å²) in [7, 11) is -2.19. The van der Waals surface area contributed by atoms with Crippen LogP contribution in [0.3, 0.4) is 0 Å². The van der Waals surface area contributed by atoms with Crippen molar-refractivity contribution in [2.24, 2.45) is 0 Å². The highest BCUT2D eigenvalue weighted by Crippen LogP contribution is 2.26. The Bertz CT molecular complexity index is 737. The summed E-state index contributed by atoms with van der Waals surface area (Å²) in [6.07, 6.45) is 0. The normalized spacial score (nSPS) is 11.8. The van der Waals surface area contributed by atoms with Crippen molar-refractivity contribution in [3.63, 3.8) is 0 Å². The van der Waals surface area contributed by atoms with Crippen molar-refractivity contribution in [1.82, 2.24) is 4.31 Å². The molecule has 0 saturated heterocycles. The van der Waals surface area contributed by atoms with E-state index >= 15 is 0 Å². The van der Waals surface area contributed by atoms with Gasteiger partial charge in [-0.3, -0.25) is 0 Å². The summed E-state index contributed by atoms with van der Waals surface area (Å²) in [5.41, 5.74) is 7.36. The highest BCUT2D eigenvalue weighted by atomic mass is 32.2. The van der Waals surface area contributed by atoms with Gasteiger partial charge in [0.2, 0.25) is 10.0 Å². The Kier molecular flexibility index (Phi) is 4.20. The number of aryl methyl sites for hydroxylation is 1. The summed E-state index contributed by atoms with van der Waals surface area (Å²) in [4.78, 5) is 0.132. The van der Waals surface area contributed by atoms with E-state index in [0.717, 1.165) is 0 Å². The van der Waals surface area contributed by atoms with Crippen LogP contribution in [0.4, 0.5) is 5.69 Å². The smallest absolute Gasteiger partial charge is 0.245 e. The Morgan fingerprint density at radius 3 is 2.48 bits per heavy atom. The molecule has 21 heavy (non-hydrogen) atoms. The van der Waals surface area contributed by atoms with Gasteiger partial charge in [0.25, 0.3) is 0 Å². The van der Waals surface area contributed by atoms with Gasteiger partial charge < -0.3 is 10.8 Å². The number of phenolic OH excluding ortho intramolecular Hbond substituents is 1. The van der Waals surface area contributed by atoms with Crippen LogP contribution in [0.2, 0.25) is 0 Å². The first-order valence-electron chi connectivity index (χ1n) is 6.41. The SMILES string of the molecule is Cc1cccc(N)c1S(=O)(=O)N(C)Cc1cccc(O)c1. The molecule has 0 spiro atoms. The number of hydrogen-bond acceptors (Lipinski definition) is 4. The predicted octanol–water partition coefficient (Wildman–Crippen LogP) is 2.10. The molecule has 0 heterocycles. The largest absolute Gasteiger partial charge is 0.508 e. The molecule has 0 radical (unpaired) electrons. The van der Waals surface area contributed by atoms with Crippen LogP contribution in [0.5, 0.6) is 5.75 Å². The maximum atomic E-state index is 12.6. The quantitative estimate of drug-likeness (QED) is 0.847. The number of phenols is 1. The van der Waals surface area contributed by atoms with Gasteiger partial charge in [0.05, 0.1) is 5.69 Å². The molecule has 0 atom stereocenters. The molecule has 0 aromatic heterocycles. The van der Waals surface area contributed by atoms with Crippen LogP contribution in [0, 0.1) is 6.92 Å². The maximum absolute atomic E-state index is 12.6. The summed E-state index contributed by atoms with van der Waals surface area (Å²) < 4.78 is 26.5. The summed E-state index contributed by atoms with van der Waals surface area (Å²) in [6.45, 7) is 1.87. The van der Waals surface area contributed by atoms with Crippen molar-refractivity contribution >= 4 is 15.7 Å². The maximum Gasteiger partial charge on any atom is 0.245 e. The third kappa shape index (κ3) is 3.17. The molecular weight excluding hydrogens is 288 g/mol. The number of nitrogens with zero attached hydrogens (tertiary/aromatic N) is 1. The topological polar surface area (TPSA) is 83.6 Å². The van der Waals surface area contributed by atoms with Gasteiger partial charge in [-0.25, -0.2) is 8.42 Å². The first-order valence-corrected chi connectivity index (χ1v) is 7.85. The van der Waals surface area contributed by atoms with E-state index in [9.17, 15) is 13.5 Å². The van der Waals surface area contributed by atoms with E-state index in [1.165, 1.54) is 23.5 Å². The number of sulfonamides is 1. The number of benzene rings is 2. The van der Waals surface area contributed by atoms with E-state index in [0.29, 0.717) is 11.1 Å². The number of rotatable bonds is 4. The zero-order valence-corrected chi connectivity index (χ0v) is 12.8. The second-order valence-corrected chi connectivity index (χ2v) is 6.91. The fourth-order valence-electron chi connectivity index (χ4n) is 2.18. The lowest BCUT2D eigenvalue weighted by Crippen LogP contribution is -2.27. The average Bonchev–Trinajstić information content (AvgIpc) is 2.38. The molecule has 0 unspecified atom stereocenters. The summed E-state index contributed by atoms with van der Waals surface area (Å²) in [6, 6.07) is 11.5. The first-order chi connectivity index (χ1) is 9.82. The van der Waals surface area contributed by atoms with Gasteiger partial charge in [-0.2, -0.15) is 4.31 Å². The van der Waals surface area contributed by atoms with Gasteiger partial charge in [0, 0.05) is 13.6 Å². The Hall–Kier alpha value is -2.05. The van der Waals surface area contributed by atoms with Crippen LogP contribution in [-0.2, 0) is 16.6 Å². The van der Waals surface area contributed by atoms with E-state index in [1.807, 2.05) is 0 Å². The number of anilines is 1. The number of nitrogen functional groups attached to an aromatic ring is 1. The molecule has 2 aromatic rings. The lowest BCUT2D eigenvalue weighted by molar-refractivity contribution is 0.458. The molecule has 6 heteroatoms. The molecule has 2 aromatic carbocycles. The van der Waals surface area contributed by atoms with Gasteiger partial charge in [-0.15, -0.1) is 0 Å². The van der Waals surface area contributed by atoms with Crippen LogP contribution in [0.25, 0.3) is 0 Å². The second-order valence-electron chi connectivity index (χ2n) is 4.92. The molecule has 112 valence electrons. The van der Waals surface area contributed by atoms with Crippen molar-refractivity contribution in [2.75, 3.05) is 12.8 Å². The lowest BCUT2D eigenvalue weighted by Gasteiger charge is -2.20. The van der Waals surface area contributed by atoms with Crippen LogP contribution in [-0.4, -0.2) is 24.9 Å². The van der Waals surface area contributed by atoms with Crippen molar-refractivity contribution < 1.29 is 13.5 Å². The molecule has 0 saturated carbocycles. The number of nitrogens with two attached hydrogens (primary N) is 1. The van der Waals surface area contributed by atoms with Gasteiger partial charge in [0.15, 0.2) is 0 Å². The summed E-state index contributed by atoms with van der Waals surface area (Å²) in [5.74, 6) is 0.105. The van der Waals surface area contributed by atoms with Crippen LogP contribution in [0.1, 0.15) is 11.1 Å². The van der Waals surface area contributed by atoms with Crippen LogP contribution >= 0.6 is 0 Å². The van der Waals surface area contributed by atoms with Gasteiger partial charge in [-0.1, -0.05) is 24.3 Å². The van der Waals surface area contributed by atoms with Crippen molar-refractivity contribution in [2.45, 2.75) is 18.4 Å². The van der Waals surface area contributed by atoms with Gasteiger partial charge in [-0.05, 0) is 36.2 Å². The molecule has 0 amide bonds. The van der Waals surface area contributed by atoms with Crippen LogP contribution in [0.15, 0.2) is 47.4 Å². The van der Waals surface area contributed by atoms with Crippen molar-refractivity contribution in [3.05, 3.63) is 53.6 Å².